The zero-order chi connectivity index (χ0) is 18.4. The van der Waals surface area contributed by atoms with Gasteiger partial charge in [0.15, 0.2) is 5.96 Å². The van der Waals surface area contributed by atoms with E-state index in [9.17, 15) is 8.42 Å². The lowest BCUT2D eigenvalue weighted by molar-refractivity contribution is 0.299. The number of fused-ring (bicyclic) bond motifs is 1. The van der Waals surface area contributed by atoms with Gasteiger partial charge in [-0.25, -0.2) is 13.1 Å². The summed E-state index contributed by atoms with van der Waals surface area (Å²) in [5.41, 5.74) is 0. The predicted molar refractivity (Wildman–Crippen MR) is 120 cm³/mol. The molecule has 0 bridgehead atoms. The SMILES string of the molecule is CCNC(=NCCNS(=O)(=O)c1ccccc1)N1CC2CCCCC2C1.I. The summed E-state index contributed by atoms with van der Waals surface area (Å²) in [5, 5.41) is 3.36. The molecule has 27 heavy (non-hydrogen) atoms. The van der Waals surface area contributed by atoms with Crippen molar-refractivity contribution < 1.29 is 8.42 Å². The molecular weight excluding hydrogens is 475 g/mol. The monoisotopic (exact) mass is 506 g/mol. The standard InChI is InChI=1S/C19H30N4O2S.HI/c1-2-20-19(23-14-16-8-6-7-9-17(16)15-23)21-12-13-22-26(24,25)18-10-4-3-5-11-18;/h3-5,10-11,16-17,22H,2,6-9,12-15H2,1H3,(H,20,21);1H. The minimum Gasteiger partial charge on any atom is -0.357 e. The topological polar surface area (TPSA) is 73.8 Å². The van der Waals surface area contributed by atoms with Gasteiger partial charge in [0.2, 0.25) is 10.0 Å². The molecule has 152 valence electrons. The molecule has 1 aliphatic heterocycles. The Morgan fingerprint density at radius 2 is 1.78 bits per heavy atom. The maximum absolute atomic E-state index is 12.2. The molecule has 2 aliphatic rings. The Bertz CT molecular complexity index is 698. The first-order valence-corrected chi connectivity index (χ1v) is 11.2. The summed E-state index contributed by atoms with van der Waals surface area (Å²) in [6.07, 6.45) is 5.36. The fourth-order valence-corrected chi connectivity index (χ4v) is 5.07. The molecule has 0 spiro atoms. The Hall–Kier alpha value is -0.870. The van der Waals surface area contributed by atoms with Crippen LogP contribution in [0.1, 0.15) is 32.6 Å². The van der Waals surface area contributed by atoms with Gasteiger partial charge in [0.1, 0.15) is 0 Å². The number of nitrogens with one attached hydrogen (secondary N) is 2. The molecule has 2 N–H and O–H groups in total. The maximum atomic E-state index is 12.2. The van der Waals surface area contributed by atoms with Crippen molar-refractivity contribution in [3.63, 3.8) is 0 Å². The van der Waals surface area contributed by atoms with Crippen LogP contribution in [0.3, 0.4) is 0 Å². The predicted octanol–water partition coefficient (Wildman–Crippen LogP) is 2.67. The summed E-state index contributed by atoms with van der Waals surface area (Å²) in [6, 6.07) is 8.45. The van der Waals surface area contributed by atoms with Crippen molar-refractivity contribution in [1.29, 1.82) is 0 Å². The van der Waals surface area contributed by atoms with Gasteiger partial charge in [0.05, 0.1) is 11.4 Å². The van der Waals surface area contributed by atoms with Crippen LogP contribution in [0.2, 0.25) is 0 Å². The van der Waals surface area contributed by atoms with Crippen LogP contribution in [-0.4, -0.2) is 52.0 Å². The number of aliphatic imine (C=N–C) groups is 1. The molecule has 1 aromatic rings. The largest absolute Gasteiger partial charge is 0.357 e. The van der Waals surface area contributed by atoms with Crippen molar-refractivity contribution in [3.8, 4) is 0 Å². The van der Waals surface area contributed by atoms with Gasteiger partial charge in [-0.1, -0.05) is 31.0 Å². The third kappa shape index (κ3) is 6.05. The highest BCUT2D eigenvalue weighted by molar-refractivity contribution is 14.0. The molecule has 2 unspecified atom stereocenters. The van der Waals surface area contributed by atoms with Crippen LogP contribution < -0.4 is 10.0 Å². The Balaban J connectivity index is 0.00000261. The number of sulfonamides is 1. The van der Waals surface area contributed by atoms with Gasteiger partial charge >= 0.3 is 0 Å². The quantitative estimate of drug-likeness (QED) is 0.269. The summed E-state index contributed by atoms with van der Waals surface area (Å²) in [7, 11) is -3.46. The number of likely N-dealkylation sites (tertiary alicyclic amines) is 1. The molecule has 6 nitrogen and oxygen atoms in total. The van der Waals surface area contributed by atoms with Crippen LogP contribution in [0.15, 0.2) is 40.2 Å². The summed E-state index contributed by atoms with van der Waals surface area (Å²) < 4.78 is 27.1. The second-order valence-electron chi connectivity index (χ2n) is 7.16. The highest BCUT2D eigenvalue weighted by Crippen LogP contribution is 2.35. The van der Waals surface area contributed by atoms with Gasteiger partial charge in [-0.2, -0.15) is 0 Å². The summed E-state index contributed by atoms with van der Waals surface area (Å²) in [4.78, 5) is 7.30. The Kier molecular flexibility index (Phi) is 8.81. The molecule has 2 atom stereocenters. The fraction of sp³-hybridized carbons (Fsp3) is 0.632. The molecule has 1 heterocycles. The molecule has 0 amide bonds. The van der Waals surface area contributed by atoms with E-state index in [1.54, 1.807) is 30.3 Å². The fourth-order valence-electron chi connectivity index (χ4n) is 4.03. The number of guanidine groups is 1. The van der Waals surface area contributed by atoms with Crippen LogP contribution in [-0.2, 0) is 10.0 Å². The average molecular weight is 506 g/mol. The van der Waals surface area contributed by atoms with E-state index in [4.69, 9.17) is 0 Å². The first kappa shape index (κ1) is 22.4. The molecule has 8 heteroatoms. The first-order valence-electron chi connectivity index (χ1n) is 9.68. The van der Waals surface area contributed by atoms with Crippen molar-refractivity contribution in [2.45, 2.75) is 37.5 Å². The zero-order valence-corrected chi connectivity index (χ0v) is 19.1. The highest BCUT2D eigenvalue weighted by atomic mass is 127. The smallest absolute Gasteiger partial charge is 0.240 e. The van der Waals surface area contributed by atoms with E-state index in [1.165, 1.54) is 25.7 Å². The molecule has 1 saturated heterocycles. The van der Waals surface area contributed by atoms with Gasteiger partial charge in [-0.3, -0.25) is 4.99 Å². The molecule has 0 radical (unpaired) electrons. The van der Waals surface area contributed by atoms with E-state index < -0.39 is 10.0 Å². The number of rotatable bonds is 6. The Morgan fingerprint density at radius 1 is 1.15 bits per heavy atom. The molecule has 1 aliphatic carbocycles. The number of halogens is 1. The van der Waals surface area contributed by atoms with Crippen molar-refractivity contribution in [1.82, 2.24) is 14.9 Å². The van der Waals surface area contributed by atoms with Crippen LogP contribution in [0.4, 0.5) is 0 Å². The summed E-state index contributed by atoms with van der Waals surface area (Å²) >= 11 is 0. The highest BCUT2D eigenvalue weighted by Gasteiger charge is 2.35. The van der Waals surface area contributed by atoms with Crippen molar-refractivity contribution in [3.05, 3.63) is 30.3 Å². The minimum atomic E-state index is -3.46. The molecule has 0 aromatic heterocycles. The van der Waals surface area contributed by atoms with Crippen LogP contribution in [0.5, 0.6) is 0 Å². The van der Waals surface area contributed by atoms with Crippen molar-refractivity contribution in [2.24, 2.45) is 16.8 Å². The number of benzene rings is 1. The van der Waals surface area contributed by atoms with Gasteiger partial charge in [-0.05, 0) is 43.7 Å². The number of hydrogen-bond donors (Lipinski definition) is 2. The minimum absolute atomic E-state index is 0. The zero-order valence-electron chi connectivity index (χ0n) is 15.9. The molecule has 1 saturated carbocycles. The second-order valence-corrected chi connectivity index (χ2v) is 8.92. The first-order chi connectivity index (χ1) is 12.6. The molecule has 3 rings (SSSR count). The average Bonchev–Trinajstić information content (AvgIpc) is 3.09. The van der Waals surface area contributed by atoms with Gasteiger partial charge in [0.25, 0.3) is 0 Å². The van der Waals surface area contributed by atoms with E-state index in [2.05, 4.69) is 26.9 Å². The Labute approximate surface area is 180 Å². The lowest BCUT2D eigenvalue weighted by atomic mass is 9.82. The van der Waals surface area contributed by atoms with Crippen LogP contribution in [0, 0.1) is 11.8 Å². The van der Waals surface area contributed by atoms with Crippen molar-refractivity contribution in [2.75, 3.05) is 32.7 Å². The van der Waals surface area contributed by atoms with Gasteiger partial charge in [-0.15, -0.1) is 24.0 Å². The van der Waals surface area contributed by atoms with Crippen LogP contribution >= 0.6 is 24.0 Å². The summed E-state index contributed by atoms with van der Waals surface area (Å²) in [5.74, 6) is 2.51. The maximum Gasteiger partial charge on any atom is 0.240 e. The molecular formula is C19H31IN4O2S. The second kappa shape index (κ2) is 10.6. The molecule has 2 fully saturated rings. The van der Waals surface area contributed by atoms with Crippen LogP contribution in [0.25, 0.3) is 0 Å². The third-order valence-corrected chi connectivity index (χ3v) is 6.81. The van der Waals surface area contributed by atoms with E-state index >= 15 is 0 Å². The van der Waals surface area contributed by atoms with Gasteiger partial charge < -0.3 is 10.2 Å². The Morgan fingerprint density at radius 3 is 2.37 bits per heavy atom. The van der Waals surface area contributed by atoms with E-state index in [1.807, 2.05) is 0 Å². The summed E-state index contributed by atoms with van der Waals surface area (Å²) in [6.45, 7) is 5.77. The normalized spacial score (nSPS) is 22.9. The molecule has 1 aromatic carbocycles. The lowest BCUT2D eigenvalue weighted by Gasteiger charge is -2.22. The van der Waals surface area contributed by atoms with Crippen molar-refractivity contribution >= 4 is 40.0 Å². The third-order valence-electron chi connectivity index (χ3n) is 5.33. The van der Waals surface area contributed by atoms with E-state index in [-0.39, 0.29) is 24.0 Å². The number of hydrogen-bond acceptors (Lipinski definition) is 3. The van der Waals surface area contributed by atoms with Gasteiger partial charge in [0, 0.05) is 26.2 Å². The van der Waals surface area contributed by atoms with E-state index in [0.717, 1.165) is 37.4 Å². The van der Waals surface area contributed by atoms with E-state index in [0.29, 0.717) is 18.0 Å². The lowest BCUT2D eigenvalue weighted by Crippen LogP contribution is -2.41. The number of nitrogens with zero attached hydrogens (tertiary/aromatic N) is 2.